The third-order valence-corrected chi connectivity index (χ3v) is 3.55. The Labute approximate surface area is 175 Å². The van der Waals surface area contributed by atoms with Crippen LogP contribution < -0.4 is 0 Å². The quantitative estimate of drug-likeness (QED) is 0.312. The fourth-order valence-corrected chi connectivity index (χ4v) is 2.36. The van der Waals surface area contributed by atoms with E-state index in [9.17, 15) is 0 Å². The fourth-order valence-electron chi connectivity index (χ4n) is 2.36. The normalized spacial score (nSPS) is 9.42. The van der Waals surface area contributed by atoms with Gasteiger partial charge in [-0.15, -0.1) is 11.1 Å². The predicted molar refractivity (Wildman–Crippen MR) is 112 cm³/mol. The molecule has 3 heteroatoms. The van der Waals surface area contributed by atoms with Gasteiger partial charge in [-0.05, 0) is 30.3 Å². The Morgan fingerprint density at radius 3 is 1.85 bits per heavy atom. The Balaban J connectivity index is 0. The molecule has 0 aliphatic carbocycles. The molecule has 142 valence electrons. The molecule has 0 spiro atoms. The molecule has 0 amide bonds. The summed E-state index contributed by atoms with van der Waals surface area (Å²) in [6, 6.07) is 14.8. The third-order valence-electron chi connectivity index (χ3n) is 3.55. The van der Waals surface area contributed by atoms with Gasteiger partial charge in [-0.2, -0.15) is 11.6 Å². The first-order valence-corrected chi connectivity index (χ1v) is 9.42. The summed E-state index contributed by atoms with van der Waals surface area (Å²) in [7, 11) is 0. The maximum atomic E-state index is 4.24. The predicted octanol–water partition coefficient (Wildman–Crippen LogP) is 7.53. The van der Waals surface area contributed by atoms with Crippen molar-refractivity contribution in [2.24, 2.45) is 9.98 Å². The molecule has 3 rings (SSSR count). The molecule has 2 aromatic carbocycles. The Kier molecular flexibility index (Phi) is 15.1. The molecule has 2 aromatic rings. The Bertz CT molecular complexity index is 710. The van der Waals surface area contributed by atoms with E-state index >= 15 is 0 Å². The molecular formula is C23H33N2W-. The average molecular weight is 521 g/mol. The molecule has 1 aliphatic rings. The van der Waals surface area contributed by atoms with Crippen LogP contribution in [-0.4, -0.2) is 6.01 Å². The Morgan fingerprint density at radius 1 is 0.808 bits per heavy atom. The summed E-state index contributed by atoms with van der Waals surface area (Å²) in [5.41, 5.74) is 7.87. The van der Waals surface area contributed by atoms with E-state index in [0.29, 0.717) is 0 Å². The average Bonchev–Trinajstić information content (AvgIpc) is 3.17. The first-order valence-electron chi connectivity index (χ1n) is 9.42. The summed E-state index contributed by atoms with van der Waals surface area (Å²) in [5, 5.41) is 0. The molecule has 0 atom stereocenters. The van der Waals surface area contributed by atoms with Gasteiger partial charge >= 0.3 is 0 Å². The van der Waals surface area contributed by atoms with Gasteiger partial charge in [0.25, 0.3) is 0 Å². The Hall–Kier alpha value is -1.49. The van der Waals surface area contributed by atoms with Crippen LogP contribution in [0.1, 0.15) is 69.4 Å². The molecule has 0 bridgehead atoms. The van der Waals surface area contributed by atoms with Gasteiger partial charge < -0.3 is 0 Å². The topological polar surface area (TPSA) is 24.7 Å². The summed E-state index contributed by atoms with van der Waals surface area (Å²) in [6.07, 6.45) is 0.885. The molecule has 1 aliphatic heterocycles. The Morgan fingerprint density at radius 2 is 1.31 bits per heavy atom. The first kappa shape index (κ1) is 26.7. The van der Waals surface area contributed by atoms with Crippen LogP contribution in [-0.2, 0) is 27.5 Å². The third kappa shape index (κ3) is 7.02. The number of nitrogens with zero attached hydrogens (tertiary/aromatic N) is 2. The maximum Gasteiger partial charge on any atom is 0.0848 e. The van der Waals surface area contributed by atoms with Gasteiger partial charge in [-0.1, -0.05) is 85.2 Å². The number of aryl methyl sites for hydroxylation is 2. The molecule has 0 radical (unpaired) electrons. The number of rotatable bonds is 2. The van der Waals surface area contributed by atoms with Gasteiger partial charge in [0, 0.05) is 21.1 Å². The fraction of sp³-hybridized carbons (Fsp3) is 0.435. The van der Waals surface area contributed by atoms with E-state index in [2.05, 4.69) is 60.2 Å². The van der Waals surface area contributed by atoms with E-state index in [1.165, 1.54) is 16.7 Å². The zero-order chi connectivity index (χ0) is 19.4. The zero-order valence-corrected chi connectivity index (χ0v) is 20.8. The van der Waals surface area contributed by atoms with E-state index in [1.807, 2.05) is 48.5 Å². The van der Waals surface area contributed by atoms with Crippen LogP contribution in [0.2, 0.25) is 0 Å². The molecule has 1 heterocycles. The number of hydrogen-bond acceptors (Lipinski definition) is 2. The summed E-state index contributed by atoms with van der Waals surface area (Å²) >= 11 is 0. The maximum absolute atomic E-state index is 4.24. The minimum Gasteiger partial charge on any atom is -0.252 e. The number of fused-ring (bicyclic) bond motifs is 1. The van der Waals surface area contributed by atoms with E-state index in [-0.39, 0.29) is 21.1 Å². The molecule has 0 saturated heterocycles. The van der Waals surface area contributed by atoms with Crippen molar-refractivity contribution < 1.29 is 21.1 Å². The van der Waals surface area contributed by atoms with Crippen molar-refractivity contribution in [2.75, 3.05) is 0 Å². The second-order valence-corrected chi connectivity index (χ2v) is 5.04. The van der Waals surface area contributed by atoms with Gasteiger partial charge in [0.05, 0.1) is 6.01 Å². The van der Waals surface area contributed by atoms with E-state index < -0.39 is 0 Å². The van der Waals surface area contributed by atoms with Crippen molar-refractivity contribution in [1.29, 1.82) is 0 Å². The zero-order valence-electron chi connectivity index (χ0n) is 17.8. The van der Waals surface area contributed by atoms with Crippen LogP contribution in [0.3, 0.4) is 0 Å². The van der Waals surface area contributed by atoms with Gasteiger partial charge in [0.15, 0.2) is 0 Å². The summed E-state index contributed by atoms with van der Waals surface area (Å²) in [5.74, 6) is 0. The molecule has 0 fully saturated rings. The molecule has 26 heavy (non-hydrogen) atoms. The van der Waals surface area contributed by atoms with Crippen molar-refractivity contribution in [3.63, 3.8) is 0 Å². The molecule has 2 nitrogen and oxygen atoms in total. The second-order valence-electron chi connectivity index (χ2n) is 5.04. The largest absolute Gasteiger partial charge is 0.252 e. The van der Waals surface area contributed by atoms with Gasteiger partial charge in [-0.25, -0.2) is 4.99 Å². The van der Waals surface area contributed by atoms with Crippen molar-refractivity contribution >= 4 is 17.4 Å². The van der Waals surface area contributed by atoms with Crippen molar-refractivity contribution in [1.82, 2.24) is 0 Å². The smallest absolute Gasteiger partial charge is 0.0848 e. The van der Waals surface area contributed by atoms with Crippen LogP contribution in [0.15, 0.2) is 34.3 Å². The number of aliphatic imine (C=N–C) groups is 2. The van der Waals surface area contributed by atoms with Crippen molar-refractivity contribution in [2.45, 2.75) is 68.7 Å². The van der Waals surface area contributed by atoms with Crippen LogP contribution in [0.25, 0.3) is 0 Å². The van der Waals surface area contributed by atoms with E-state index in [0.717, 1.165) is 28.9 Å². The number of hydrogen-bond donors (Lipinski definition) is 0. The standard InChI is InChI=1S/C17H15N2.3C2H6.W/c1-11-4-6-14(7-5-11)9-15-8-12(2)16-17(13(15)3)19-10-18-16;3*1-2;/h4-7H,9H2,1-3H3;3*1-2H3;/q-1;;;;. The minimum absolute atomic E-state index is 0. The van der Waals surface area contributed by atoms with Gasteiger partial charge in [0.2, 0.25) is 0 Å². The van der Waals surface area contributed by atoms with Gasteiger partial charge in [0.1, 0.15) is 0 Å². The second kappa shape index (κ2) is 14.7. The van der Waals surface area contributed by atoms with E-state index in [1.54, 1.807) is 0 Å². The summed E-state index contributed by atoms with van der Waals surface area (Å²) < 4.78 is 0. The number of benzene rings is 2. The van der Waals surface area contributed by atoms with Crippen LogP contribution in [0.4, 0.5) is 11.4 Å². The molecule has 0 saturated carbocycles. The molecule has 0 unspecified atom stereocenters. The summed E-state index contributed by atoms with van der Waals surface area (Å²) in [4.78, 5) is 8.41. The molecular weight excluding hydrogens is 488 g/mol. The monoisotopic (exact) mass is 521 g/mol. The van der Waals surface area contributed by atoms with Crippen LogP contribution >= 0.6 is 0 Å². The van der Waals surface area contributed by atoms with Crippen molar-refractivity contribution in [3.05, 3.63) is 58.1 Å². The van der Waals surface area contributed by atoms with Crippen molar-refractivity contribution in [3.8, 4) is 0 Å². The van der Waals surface area contributed by atoms with Crippen LogP contribution in [0.5, 0.6) is 0 Å². The molecule has 0 aromatic heterocycles. The minimum atomic E-state index is 0. The van der Waals surface area contributed by atoms with E-state index in [4.69, 9.17) is 0 Å². The SMILES string of the molecule is CC.CC.CC.Cc1ccc(Cc2[c-]c(C)c3c(c2C)N=C=N3)cc1.[W]. The summed E-state index contributed by atoms with van der Waals surface area (Å²) in [6.45, 7) is 18.2. The van der Waals surface area contributed by atoms with Crippen LogP contribution in [0, 0.1) is 26.8 Å². The molecule has 0 N–H and O–H groups in total. The first-order chi connectivity index (χ1) is 12.1. The van der Waals surface area contributed by atoms with Gasteiger partial charge in [-0.3, -0.25) is 4.99 Å².